The lowest BCUT2D eigenvalue weighted by Gasteiger charge is -2.42. The van der Waals surface area contributed by atoms with E-state index in [0.29, 0.717) is 0 Å². The SMILES string of the molecule is O=C(OCCC(F)(F)C(F)(F)C(F)(F)C(F)(F)C(F)(F)C(F)(F)C(F)(F)C(F)(F)F)C1=C(O)[C@@H](CO)OC1=O. The molecule has 0 aromatic rings. The summed E-state index contributed by atoms with van der Waals surface area (Å²) in [5.41, 5.74) is -1.58. The van der Waals surface area contributed by atoms with Gasteiger partial charge >= 0.3 is 59.6 Å². The molecule has 0 unspecified atom stereocenters. The van der Waals surface area contributed by atoms with Crippen molar-refractivity contribution in [2.75, 3.05) is 13.2 Å². The third-order valence-corrected chi connectivity index (χ3v) is 4.82. The van der Waals surface area contributed by atoms with Gasteiger partial charge < -0.3 is 19.7 Å². The Morgan fingerprint density at radius 3 is 1.46 bits per heavy atom. The van der Waals surface area contributed by atoms with Crippen molar-refractivity contribution in [2.45, 2.75) is 60.2 Å². The van der Waals surface area contributed by atoms with Gasteiger partial charge in [-0.1, -0.05) is 0 Å². The second-order valence-electron chi connectivity index (χ2n) is 7.37. The van der Waals surface area contributed by atoms with E-state index in [1.54, 1.807) is 0 Å². The molecule has 0 aliphatic carbocycles. The van der Waals surface area contributed by atoms with E-state index in [1.165, 1.54) is 0 Å². The first-order valence-corrected chi connectivity index (χ1v) is 9.14. The van der Waals surface area contributed by atoms with Crippen molar-refractivity contribution < 1.29 is 104 Å². The molecule has 228 valence electrons. The number of ether oxygens (including phenoxy) is 2. The van der Waals surface area contributed by atoms with Crippen LogP contribution in [0.25, 0.3) is 0 Å². The number of halogens is 17. The molecule has 0 aromatic carbocycles. The molecule has 0 saturated carbocycles. The average Bonchev–Trinajstić information content (AvgIpc) is 3.04. The van der Waals surface area contributed by atoms with Gasteiger partial charge in [-0.05, 0) is 0 Å². The van der Waals surface area contributed by atoms with Crippen LogP contribution in [-0.2, 0) is 19.1 Å². The highest BCUT2D eigenvalue weighted by Gasteiger charge is 2.95. The summed E-state index contributed by atoms with van der Waals surface area (Å²) < 4.78 is 232. The Labute approximate surface area is 201 Å². The van der Waals surface area contributed by atoms with Gasteiger partial charge in [0.1, 0.15) is 0 Å². The van der Waals surface area contributed by atoms with Crippen molar-refractivity contribution in [3.05, 3.63) is 11.3 Å². The maximum Gasteiger partial charge on any atom is 0.460 e. The molecule has 39 heavy (non-hydrogen) atoms. The van der Waals surface area contributed by atoms with Crippen LogP contribution < -0.4 is 0 Å². The highest BCUT2D eigenvalue weighted by molar-refractivity contribution is 6.16. The Morgan fingerprint density at radius 2 is 1.10 bits per heavy atom. The third kappa shape index (κ3) is 4.89. The van der Waals surface area contributed by atoms with Crippen molar-refractivity contribution >= 4 is 11.9 Å². The zero-order valence-corrected chi connectivity index (χ0v) is 17.7. The number of cyclic esters (lactones) is 1. The molecule has 1 atom stereocenters. The van der Waals surface area contributed by atoms with Gasteiger partial charge in [0.2, 0.25) is 0 Å². The molecule has 0 bridgehead atoms. The summed E-state index contributed by atoms with van der Waals surface area (Å²) in [6.07, 6.45) is -12.9. The summed E-state index contributed by atoms with van der Waals surface area (Å²) in [5, 5.41) is 18.1. The smallest absolute Gasteiger partial charge is 0.460 e. The maximum absolute atomic E-state index is 13.7. The standard InChI is InChI=1S/C16H9F17O6/c17-9(18,1-2-38-7(36)5-6(35)4(3-34)39-8(5)37)10(19,20)11(21,22)12(23,24)13(25,26)14(27,28)15(29,30)16(31,32)33/h4,34-35H,1-3H2/t4-/m1/s1. The Morgan fingerprint density at radius 1 is 0.718 bits per heavy atom. The number of hydrogen-bond donors (Lipinski definition) is 2. The van der Waals surface area contributed by atoms with Crippen molar-refractivity contribution in [1.29, 1.82) is 0 Å². The second-order valence-corrected chi connectivity index (χ2v) is 7.37. The van der Waals surface area contributed by atoms with E-state index in [0.717, 1.165) is 0 Å². The fourth-order valence-corrected chi connectivity index (χ4v) is 2.52. The van der Waals surface area contributed by atoms with Crippen LogP contribution in [0.3, 0.4) is 0 Å². The average molecular weight is 620 g/mol. The van der Waals surface area contributed by atoms with E-state index in [9.17, 15) is 89.3 Å². The van der Waals surface area contributed by atoms with Gasteiger partial charge in [-0.25, -0.2) is 9.59 Å². The van der Waals surface area contributed by atoms with Gasteiger partial charge in [0.15, 0.2) is 17.4 Å². The third-order valence-electron chi connectivity index (χ3n) is 4.82. The van der Waals surface area contributed by atoms with Crippen LogP contribution in [-0.4, -0.2) is 89.1 Å². The van der Waals surface area contributed by atoms with Crippen LogP contribution in [0.1, 0.15) is 6.42 Å². The van der Waals surface area contributed by atoms with Crippen LogP contribution >= 0.6 is 0 Å². The monoisotopic (exact) mass is 620 g/mol. The molecular weight excluding hydrogens is 611 g/mol. The van der Waals surface area contributed by atoms with E-state index < -0.39 is 96.6 Å². The summed E-state index contributed by atoms with van der Waals surface area (Å²) in [7, 11) is 0. The highest BCUT2D eigenvalue weighted by atomic mass is 19.4. The normalized spacial score (nSPS) is 18.9. The summed E-state index contributed by atoms with van der Waals surface area (Å²) in [6, 6.07) is 0. The molecule has 1 rings (SSSR count). The first-order valence-electron chi connectivity index (χ1n) is 9.14. The Kier molecular flexibility index (Phi) is 8.54. The maximum atomic E-state index is 13.7. The minimum atomic E-state index is -8.77. The lowest BCUT2D eigenvalue weighted by Crippen LogP contribution is -2.74. The lowest BCUT2D eigenvalue weighted by molar-refractivity contribution is -0.461. The first-order chi connectivity index (χ1) is 17.0. The molecule has 0 spiro atoms. The zero-order chi connectivity index (χ0) is 31.4. The molecule has 1 heterocycles. The van der Waals surface area contributed by atoms with E-state index in [2.05, 4.69) is 9.47 Å². The van der Waals surface area contributed by atoms with Gasteiger partial charge in [-0.3, -0.25) is 0 Å². The summed E-state index contributed by atoms with van der Waals surface area (Å²) >= 11 is 0. The van der Waals surface area contributed by atoms with Gasteiger partial charge in [0.25, 0.3) is 0 Å². The molecule has 2 N–H and O–H groups in total. The summed E-state index contributed by atoms with van der Waals surface area (Å²) in [6.45, 7) is -3.52. The minimum Gasteiger partial charge on any atom is -0.507 e. The number of hydrogen-bond acceptors (Lipinski definition) is 6. The summed E-state index contributed by atoms with van der Waals surface area (Å²) in [4.78, 5) is 22.9. The van der Waals surface area contributed by atoms with E-state index in [1.807, 2.05) is 0 Å². The molecule has 0 radical (unpaired) electrons. The fraction of sp³-hybridized carbons (Fsp3) is 0.750. The molecule has 1 aliphatic heterocycles. The molecule has 0 aromatic heterocycles. The van der Waals surface area contributed by atoms with Crippen LogP contribution in [0.4, 0.5) is 74.6 Å². The van der Waals surface area contributed by atoms with E-state index in [4.69, 9.17) is 5.11 Å². The highest BCUT2D eigenvalue weighted by Crippen LogP contribution is 2.64. The Balaban J connectivity index is 3.30. The van der Waals surface area contributed by atoms with Crippen molar-refractivity contribution in [3.63, 3.8) is 0 Å². The van der Waals surface area contributed by atoms with Gasteiger partial charge in [0, 0.05) is 0 Å². The predicted octanol–water partition coefficient (Wildman–Crippen LogP) is 4.66. The van der Waals surface area contributed by atoms with Crippen LogP contribution in [0.5, 0.6) is 0 Å². The molecular formula is C16H9F17O6. The van der Waals surface area contributed by atoms with Crippen molar-refractivity contribution in [1.82, 2.24) is 0 Å². The topological polar surface area (TPSA) is 93.1 Å². The number of aliphatic hydroxyl groups is 2. The lowest BCUT2D eigenvalue weighted by atomic mass is 9.88. The molecule has 23 heteroatoms. The molecule has 1 aliphatic rings. The minimum absolute atomic E-state index is 1.19. The first kappa shape index (κ1) is 34.3. The molecule has 0 amide bonds. The Bertz CT molecular complexity index is 1000. The van der Waals surface area contributed by atoms with Crippen LogP contribution in [0.2, 0.25) is 0 Å². The number of alkyl halides is 17. The molecule has 0 saturated heterocycles. The number of carbonyl (C=O) groups is 2. The molecule has 6 nitrogen and oxygen atoms in total. The Hall–Kier alpha value is -2.75. The van der Waals surface area contributed by atoms with Gasteiger partial charge in [-0.15, -0.1) is 0 Å². The van der Waals surface area contributed by atoms with Crippen molar-refractivity contribution in [2.24, 2.45) is 0 Å². The van der Waals surface area contributed by atoms with Gasteiger partial charge in [-0.2, -0.15) is 74.6 Å². The van der Waals surface area contributed by atoms with Crippen LogP contribution in [0, 0.1) is 0 Å². The predicted molar refractivity (Wildman–Crippen MR) is 82.9 cm³/mol. The number of carbonyl (C=O) groups excluding carboxylic acids is 2. The quantitative estimate of drug-likeness (QED) is 0.199. The van der Waals surface area contributed by atoms with Crippen molar-refractivity contribution in [3.8, 4) is 0 Å². The fourth-order valence-electron chi connectivity index (χ4n) is 2.52. The molecule has 0 fully saturated rings. The second kappa shape index (κ2) is 9.71. The largest absolute Gasteiger partial charge is 0.507 e. The van der Waals surface area contributed by atoms with E-state index in [-0.39, 0.29) is 0 Å². The number of aliphatic hydroxyl groups excluding tert-OH is 2. The number of esters is 2. The number of rotatable bonds is 11. The summed E-state index contributed by atoms with van der Waals surface area (Å²) in [5.74, 6) is -63.2. The van der Waals surface area contributed by atoms with Crippen LogP contribution in [0.15, 0.2) is 11.3 Å². The van der Waals surface area contributed by atoms with Gasteiger partial charge in [0.05, 0.1) is 19.6 Å². The zero-order valence-electron chi connectivity index (χ0n) is 17.7. The van der Waals surface area contributed by atoms with E-state index >= 15 is 0 Å².